The van der Waals surface area contributed by atoms with Crippen LogP contribution in [0.2, 0.25) is 0 Å². The number of ether oxygens (including phenoxy) is 3. The highest BCUT2D eigenvalue weighted by Gasteiger charge is 2.34. The summed E-state index contributed by atoms with van der Waals surface area (Å²) in [6.07, 6.45) is 0.347. The SMILES string of the molecule is COc1ccc(-c2nc(C3CC(=O)N(Cc4ccc(OC)cc4OC)C3)no2)cc1. The van der Waals surface area contributed by atoms with Crippen molar-refractivity contribution >= 4 is 5.91 Å². The number of methoxy groups -OCH3 is 3. The van der Waals surface area contributed by atoms with Crippen molar-refractivity contribution in [1.82, 2.24) is 15.0 Å². The second-order valence-corrected chi connectivity index (χ2v) is 7.04. The van der Waals surface area contributed by atoms with Gasteiger partial charge in [0.15, 0.2) is 5.82 Å². The number of carbonyl (C=O) groups is 1. The Morgan fingerprint density at radius 2 is 1.77 bits per heavy atom. The molecule has 0 N–H and O–H groups in total. The van der Waals surface area contributed by atoms with E-state index in [4.69, 9.17) is 18.7 Å². The third kappa shape index (κ3) is 3.94. The van der Waals surface area contributed by atoms with Gasteiger partial charge in [-0.15, -0.1) is 0 Å². The van der Waals surface area contributed by atoms with Crippen LogP contribution in [0.1, 0.15) is 23.7 Å². The third-order valence-corrected chi connectivity index (χ3v) is 5.21. The van der Waals surface area contributed by atoms with Crippen molar-refractivity contribution < 1.29 is 23.5 Å². The van der Waals surface area contributed by atoms with E-state index in [0.717, 1.165) is 16.9 Å². The number of carbonyl (C=O) groups excluding carboxylic acids is 1. The summed E-state index contributed by atoms with van der Waals surface area (Å²) < 4.78 is 21.3. The molecule has 8 nitrogen and oxygen atoms in total. The first-order valence-corrected chi connectivity index (χ1v) is 9.58. The average Bonchev–Trinajstić information content (AvgIpc) is 3.41. The fourth-order valence-corrected chi connectivity index (χ4v) is 3.54. The Labute approximate surface area is 174 Å². The lowest BCUT2D eigenvalue weighted by atomic mass is 10.1. The zero-order valence-corrected chi connectivity index (χ0v) is 17.1. The predicted molar refractivity (Wildman–Crippen MR) is 109 cm³/mol. The highest BCUT2D eigenvalue weighted by molar-refractivity contribution is 5.79. The Bertz CT molecular complexity index is 1030. The Hall–Kier alpha value is -3.55. The van der Waals surface area contributed by atoms with Crippen LogP contribution in [0.3, 0.4) is 0 Å². The first kappa shape index (κ1) is 19.8. The van der Waals surface area contributed by atoms with Gasteiger partial charge in [-0.05, 0) is 36.4 Å². The monoisotopic (exact) mass is 409 g/mol. The van der Waals surface area contributed by atoms with E-state index in [1.165, 1.54) is 0 Å². The van der Waals surface area contributed by atoms with Crippen LogP contribution in [-0.4, -0.2) is 48.8 Å². The van der Waals surface area contributed by atoms with Gasteiger partial charge in [-0.25, -0.2) is 0 Å². The van der Waals surface area contributed by atoms with Gasteiger partial charge in [0.1, 0.15) is 17.2 Å². The molecule has 1 aliphatic heterocycles. The summed E-state index contributed by atoms with van der Waals surface area (Å²) in [6.45, 7) is 0.974. The Balaban J connectivity index is 1.47. The molecule has 2 aromatic carbocycles. The van der Waals surface area contributed by atoms with E-state index in [1.54, 1.807) is 26.2 Å². The molecule has 156 valence electrons. The molecule has 0 spiro atoms. The molecule has 0 radical (unpaired) electrons. The molecule has 2 heterocycles. The molecule has 0 bridgehead atoms. The van der Waals surface area contributed by atoms with Crippen molar-refractivity contribution in [3.05, 3.63) is 53.9 Å². The lowest BCUT2D eigenvalue weighted by molar-refractivity contribution is -0.128. The molecule has 1 aliphatic rings. The van der Waals surface area contributed by atoms with Gasteiger partial charge in [-0.1, -0.05) is 5.16 Å². The Morgan fingerprint density at radius 1 is 1.03 bits per heavy atom. The maximum Gasteiger partial charge on any atom is 0.257 e. The van der Waals surface area contributed by atoms with Crippen LogP contribution in [0.4, 0.5) is 0 Å². The van der Waals surface area contributed by atoms with Gasteiger partial charge in [0, 0.05) is 42.6 Å². The van der Waals surface area contributed by atoms with Crippen molar-refractivity contribution in [3.63, 3.8) is 0 Å². The van der Waals surface area contributed by atoms with Gasteiger partial charge < -0.3 is 23.6 Å². The summed E-state index contributed by atoms with van der Waals surface area (Å²) in [5.41, 5.74) is 1.72. The van der Waals surface area contributed by atoms with Crippen LogP contribution < -0.4 is 14.2 Å². The van der Waals surface area contributed by atoms with Gasteiger partial charge in [0.05, 0.1) is 21.3 Å². The van der Waals surface area contributed by atoms with Crippen LogP contribution in [0, 0.1) is 0 Å². The molecule has 1 fully saturated rings. The number of hydrogen-bond acceptors (Lipinski definition) is 7. The Kier molecular flexibility index (Phi) is 5.56. The third-order valence-electron chi connectivity index (χ3n) is 5.21. The number of likely N-dealkylation sites (tertiary alicyclic amines) is 1. The highest BCUT2D eigenvalue weighted by atomic mass is 16.5. The number of rotatable bonds is 7. The summed E-state index contributed by atoms with van der Waals surface area (Å²) in [4.78, 5) is 18.9. The number of hydrogen-bond donors (Lipinski definition) is 0. The van der Waals surface area contributed by atoms with Crippen LogP contribution >= 0.6 is 0 Å². The topological polar surface area (TPSA) is 86.9 Å². The van der Waals surface area contributed by atoms with E-state index < -0.39 is 0 Å². The van der Waals surface area contributed by atoms with Gasteiger partial charge in [0.25, 0.3) is 5.89 Å². The molecule has 4 rings (SSSR count). The van der Waals surface area contributed by atoms with E-state index in [2.05, 4.69) is 10.1 Å². The second-order valence-electron chi connectivity index (χ2n) is 7.04. The normalized spacial score (nSPS) is 16.0. The molecule has 1 saturated heterocycles. The minimum absolute atomic E-state index is 0.0497. The molecule has 1 amide bonds. The zero-order chi connectivity index (χ0) is 21.1. The fraction of sp³-hybridized carbons (Fsp3) is 0.318. The number of nitrogens with zero attached hydrogens (tertiary/aromatic N) is 3. The fourth-order valence-electron chi connectivity index (χ4n) is 3.54. The van der Waals surface area contributed by atoms with E-state index in [0.29, 0.717) is 42.7 Å². The minimum Gasteiger partial charge on any atom is -0.497 e. The first-order valence-electron chi connectivity index (χ1n) is 9.58. The van der Waals surface area contributed by atoms with Crippen molar-refractivity contribution in [1.29, 1.82) is 0 Å². The quantitative estimate of drug-likeness (QED) is 0.592. The molecule has 8 heteroatoms. The van der Waals surface area contributed by atoms with Crippen molar-refractivity contribution in [2.75, 3.05) is 27.9 Å². The molecule has 3 aromatic rings. The number of aromatic nitrogens is 2. The second kappa shape index (κ2) is 8.44. The average molecular weight is 409 g/mol. The first-order chi connectivity index (χ1) is 14.6. The highest BCUT2D eigenvalue weighted by Crippen LogP contribution is 2.32. The maximum atomic E-state index is 12.6. The van der Waals surface area contributed by atoms with Gasteiger partial charge in [-0.2, -0.15) is 4.98 Å². The minimum atomic E-state index is -0.113. The van der Waals surface area contributed by atoms with E-state index >= 15 is 0 Å². The van der Waals surface area contributed by atoms with Crippen molar-refractivity contribution in [2.24, 2.45) is 0 Å². The lowest BCUT2D eigenvalue weighted by Crippen LogP contribution is -2.24. The standard InChI is InChI=1S/C22H23N3O5/c1-27-17-7-4-14(5-8-17)22-23-21(24-30-22)16-10-20(26)25(13-16)12-15-6-9-18(28-2)11-19(15)29-3/h4-9,11,16H,10,12-13H2,1-3H3. The predicted octanol–water partition coefficient (Wildman–Crippen LogP) is 3.28. The molecule has 1 atom stereocenters. The van der Waals surface area contributed by atoms with Crippen LogP contribution in [-0.2, 0) is 11.3 Å². The molecular weight excluding hydrogens is 386 g/mol. The molecule has 1 aromatic heterocycles. The molecule has 1 unspecified atom stereocenters. The van der Waals surface area contributed by atoms with E-state index in [-0.39, 0.29) is 11.8 Å². The number of amides is 1. The van der Waals surface area contributed by atoms with E-state index in [1.807, 2.05) is 42.5 Å². The summed E-state index contributed by atoms with van der Waals surface area (Å²) in [6, 6.07) is 13.0. The van der Waals surface area contributed by atoms with Crippen molar-refractivity contribution in [3.8, 4) is 28.7 Å². The zero-order valence-electron chi connectivity index (χ0n) is 17.1. The summed E-state index contributed by atoms with van der Waals surface area (Å²) in [5, 5.41) is 4.11. The van der Waals surface area contributed by atoms with Crippen LogP contribution in [0.15, 0.2) is 47.0 Å². The molecular formula is C22H23N3O5. The van der Waals surface area contributed by atoms with Gasteiger partial charge in [-0.3, -0.25) is 4.79 Å². The van der Waals surface area contributed by atoms with Crippen LogP contribution in [0.25, 0.3) is 11.5 Å². The van der Waals surface area contributed by atoms with E-state index in [9.17, 15) is 4.79 Å². The maximum absolute atomic E-state index is 12.6. The summed E-state index contributed by atoms with van der Waals surface area (Å²) in [5.74, 6) is 3.05. The van der Waals surface area contributed by atoms with Crippen molar-refractivity contribution in [2.45, 2.75) is 18.9 Å². The van der Waals surface area contributed by atoms with Gasteiger partial charge in [0.2, 0.25) is 5.91 Å². The summed E-state index contributed by atoms with van der Waals surface area (Å²) in [7, 11) is 4.82. The largest absolute Gasteiger partial charge is 0.497 e. The molecule has 0 saturated carbocycles. The smallest absolute Gasteiger partial charge is 0.257 e. The lowest BCUT2D eigenvalue weighted by Gasteiger charge is -2.18. The van der Waals surface area contributed by atoms with Crippen LogP contribution in [0.5, 0.6) is 17.2 Å². The molecule has 0 aliphatic carbocycles. The Morgan fingerprint density at radius 3 is 2.47 bits per heavy atom. The summed E-state index contributed by atoms with van der Waals surface area (Å²) >= 11 is 0. The van der Waals surface area contributed by atoms with Gasteiger partial charge >= 0.3 is 0 Å². The number of benzene rings is 2. The molecule has 30 heavy (non-hydrogen) atoms.